The summed E-state index contributed by atoms with van der Waals surface area (Å²) < 4.78 is 0. The molecule has 0 radical (unpaired) electrons. The zero-order valence-electron chi connectivity index (χ0n) is 12.7. The Morgan fingerprint density at radius 1 is 1.27 bits per heavy atom. The minimum Gasteiger partial charge on any atom is -0.354 e. The predicted molar refractivity (Wildman–Crippen MR) is 89.1 cm³/mol. The van der Waals surface area contributed by atoms with E-state index in [-0.39, 0.29) is 11.8 Å². The van der Waals surface area contributed by atoms with Gasteiger partial charge >= 0.3 is 6.03 Å². The lowest BCUT2D eigenvalue weighted by molar-refractivity contribution is -0.123. The van der Waals surface area contributed by atoms with Crippen LogP contribution in [0.1, 0.15) is 25.8 Å². The number of urea groups is 1. The first kappa shape index (κ1) is 18.6. The van der Waals surface area contributed by atoms with Gasteiger partial charge in [0.15, 0.2) is 0 Å². The van der Waals surface area contributed by atoms with Gasteiger partial charge in [0, 0.05) is 16.6 Å². The second kappa shape index (κ2) is 8.86. The molecule has 3 amide bonds. The molecule has 0 spiro atoms. The molecular formula is C15H21Cl2N3O2. The van der Waals surface area contributed by atoms with Crippen molar-refractivity contribution in [2.24, 2.45) is 11.7 Å². The average molecular weight is 346 g/mol. The number of carbonyl (C=O) groups excluding carboxylic acids is 2. The minimum atomic E-state index is -0.707. The highest BCUT2D eigenvalue weighted by Crippen LogP contribution is 2.21. The van der Waals surface area contributed by atoms with E-state index in [0.29, 0.717) is 29.4 Å². The zero-order valence-corrected chi connectivity index (χ0v) is 14.2. The predicted octanol–water partition coefficient (Wildman–Crippen LogP) is 2.74. The maximum absolute atomic E-state index is 12.1. The number of hydrogen-bond acceptors (Lipinski definition) is 2. The first-order valence-corrected chi connectivity index (χ1v) is 7.82. The third-order valence-electron chi connectivity index (χ3n) is 3.05. The van der Waals surface area contributed by atoms with Crippen molar-refractivity contribution in [2.75, 3.05) is 6.54 Å². The normalized spacial score (nSPS) is 12.0. The molecule has 0 heterocycles. The largest absolute Gasteiger partial charge is 0.354 e. The van der Waals surface area contributed by atoms with E-state index in [9.17, 15) is 9.59 Å². The molecule has 4 N–H and O–H groups in total. The van der Waals surface area contributed by atoms with Crippen LogP contribution < -0.4 is 16.4 Å². The Morgan fingerprint density at radius 2 is 1.95 bits per heavy atom. The maximum Gasteiger partial charge on any atom is 0.312 e. The number of benzene rings is 1. The molecule has 1 aromatic rings. The minimum absolute atomic E-state index is 0.252. The first-order valence-electron chi connectivity index (χ1n) is 7.07. The lowest BCUT2D eigenvalue weighted by Crippen LogP contribution is -2.49. The monoisotopic (exact) mass is 345 g/mol. The second-order valence-electron chi connectivity index (χ2n) is 5.47. The summed E-state index contributed by atoms with van der Waals surface area (Å²) in [5.41, 5.74) is 6.00. The first-order chi connectivity index (χ1) is 10.3. The molecule has 1 rings (SSSR count). The van der Waals surface area contributed by atoms with Crippen molar-refractivity contribution < 1.29 is 9.59 Å². The van der Waals surface area contributed by atoms with Gasteiger partial charge in [-0.2, -0.15) is 0 Å². The van der Waals surface area contributed by atoms with Crippen LogP contribution in [-0.2, 0) is 11.2 Å². The molecule has 22 heavy (non-hydrogen) atoms. The fourth-order valence-electron chi connectivity index (χ4n) is 2.04. The standard InChI is InChI=1S/C15H21Cl2N3O2/c1-9(2)7-13(20-15(18)22)14(21)19-6-5-10-3-4-11(16)8-12(10)17/h3-4,8-9,13H,5-7H2,1-2H3,(H,19,21)(H3,18,20,22)/t13-/m0/s1. The number of nitrogens with two attached hydrogens (primary N) is 1. The summed E-state index contributed by atoms with van der Waals surface area (Å²) in [6.45, 7) is 4.35. The lowest BCUT2D eigenvalue weighted by atomic mass is 10.0. The molecule has 122 valence electrons. The molecule has 0 saturated heterocycles. The van der Waals surface area contributed by atoms with Crippen LogP contribution in [0.15, 0.2) is 18.2 Å². The Labute approximate surface area is 140 Å². The van der Waals surface area contributed by atoms with Gasteiger partial charge in [0.25, 0.3) is 0 Å². The van der Waals surface area contributed by atoms with Crippen LogP contribution in [0.3, 0.4) is 0 Å². The Bertz CT molecular complexity index is 536. The van der Waals surface area contributed by atoms with Crippen molar-refractivity contribution in [3.05, 3.63) is 33.8 Å². The van der Waals surface area contributed by atoms with Crippen LogP contribution >= 0.6 is 23.2 Å². The fraction of sp³-hybridized carbons (Fsp3) is 0.467. The van der Waals surface area contributed by atoms with Crippen molar-refractivity contribution >= 4 is 35.1 Å². The Balaban J connectivity index is 2.53. The molecule has 0 bridgehead atoms. The third kappa shape index (κ3) is 6.54. The van der Waals surface area contributed by atoms with Crippen LogP contribution in [0.2, 0.25) is 10.0 Å². The van der Waals surface area contributed by atoms with E-state index in [1.165, 1.54) is 0 Å². The average Bonchev–Trinajstić information content (AvgIpc) is 2.39. The molecule has 0 aliphatic carbocycles. The molecule has 1 atom stereocenters. The van der Waals surface area contributed by atoms with Crippen LogP contribution in [0.4, 0.5) is 4.79 Å². The van der Waals surface area contributed by atoms with Gasteiger partial charge in [-0.3, -0.25) is 4.79 Å². The Hall–Kier alpha value is -1.46. The summed E-state index contributed by atoms with van der Waals surface area (Å²) in [6.07, 6.45) is 1.10. The number of carbonyl (C=O) groups is 2. The van der Waals surface area contributed by atoms with Crippen LogP contribution in [0, 0.1) is 5.92 Å². The number of rotatable bonds is 7. The third-order valence-corrected chi connectivity index (χ3v) is 3.64. The highest BCUT2D eigenvalue weighted by Gasteiger charge is 2.20. The second-order valence-corrected chi connectivity index (χ2v) is 6.31. The van der Waals surface area contributed by atoms with E-state index in [1.807, 2.05) is 19.9 Å². The maximum atomic E-state index is 12.1. The SMILES string of the molecule is CC(C)C[C@H](NC(N)=O)C(=O)NCCc1ccc(Cl)cc1Cl. The summed E-state index contributed by atoms with van der Waals surface area (Å²) in [5, 5.41) is 6.38. The topological polar surface area (TPSA) is 84.2 Å². The molecule has 0 saturated carbocycles. The summed E-state index contributed by atoms with van der Waals surface area (Å²) in [6, 6.07) is 3.90. The van der Waals surface area contributed by atoms with Crippen LogP contribution in [-0.4, -0.2) is 24.5 Å². The van der Waals surface area contributed by atoms with E-state index in [1.54, 1.807) is 12.1 Å². The molecule has 0 fully saturated rings. The number of nitrogens with one attached hydrogen (secondary N) is 2. The molecule has 0 unspecified atom stereocenters. The molecular weight excluding hydrogens is 325 g/mol. The van der Waals surface area contributed by atoms with Crippen molar-refractivity contribution in [3.8, 4) is 0 Å². The molecule has 1 aromatic carbocycles. The number of primary amides is 1. The highest BCUT2D eigenvalue weighted by atomic mass is 35.5. The van der Waals surface area contributed by atoms with Crippen LogP contribution in [0.25, 0.3) is 0 Å². The number of halogens is 2. The molecule has 5 nitrogen and oxygen atoms in total. The smallest absolute Gasteiger partial charge is 0.312 e. The lowest BCUT2D eigenvalue weighted by Gasteiger charge is -2.19. The van der Waals surface area contributed by atoms with Gasteiger partial charge in [-0.25, -0.2) is 4.79 Å². The van der Waals surface area contributed by atoms with Crippen molar-refractivity contribution in [1.29, 1.82) is 0 Å². The Morgan fingerprint density at radius 3 is 2.50 bits per heavy atom. The van der Waals surface area contributed by atoms with Gasteiger partial charge in [0.2, 0.25) is 5.91 Å². The number of hydrogen-bond donors (Lipinski definition) is 3. The molecule has 0 aliphatic heterocycles. The molecule has 7 heteroatoms. The van der Waals surface area contributed by atoms with E-state index < -0.39 is 12.1 Å². The van der Waals surface area contributed by atoms with Gasteiger partial charge in [0.1, 0.15) is 6.04 Å². The van der Waals surface area contributed by atoms with Crippen LogP contribution in [0.5, 0.6) is 0 Å². The van der Waals surface area contributed by atoms with Gasteiger partial charge in [-0.05, 0) is 36.5 Å². The molecule has 0 aliphatic rings. The fourth-order valence-corrected chi connectivity index (χ4v) is 2.55. The van der Waals surface area contributed by atoms with Gasteiger partial charge in [-0.1, -0.05) is 43.1 Å². The summed E-state index contributed by atoms with van der Waals surface area (Å²) >= 11 is 11.9. The Kier molecular flexibility index (Phi) is 7.48. The summed E-state index contributed by atoms with van der Waals surface area (Å²) in [7, 11) is 0. The van der Waals surface area contributed by atoms with E-state index in [4.69, 9.17) is 28.9 Å². The van der Waals surface area contributed by atoms with Crippen molar-refractivity contribution in [2.45, 2.75) is 32.7 Å². The van der Waals surface area contributed by atoms with Crippen molar-refractivity contribution in [1.82, 2.24) is 10.6 Å². The van der Waals surface area contributed by atoms with Crippen molar-refractivity contribution in [3.63, 3.8) is 0 Å². The summed E-state index contributed by atoms with van der Waals surface area (Å²) in [4.78, 5) is 23.1. The zero-order chi connectivity index (χ0) is 16.7. The van der Waals surface area contributed by atoms with Gasteiger partial charge in [0.05, 0.1) is 0 Å². The van der Waals surface area contributed by atoms with E-state index in [2.05, 4.69) is 10.6 Å². The number of amides is 3. The van der Waals surface area contributed by atoms with E-state index in [0.717, 1.165) is 5.56 Å². The van der Waals surface area contributed by atoms with E-state index >= 15 is 0 Å². The molecule has 0 aromatic heterocycles. The quantitative estimate of drug-likeness (QED) is 0.709. The van der Waals surface area contributed by atoms with Gasteiger partial charge < -0.3 is 16.4 Å². The summed E-state index contributed by atoms with van der Waals surface area (Å²) in [5.74, 6) is 0.00546. The van der Waals surface area contributed by atoms with Gasteiger partial charge in [-0.15, -0.1) is 0 Å². The highest BCUT2D eigenvalue weighted by molar-refractivity contribution is 6.35.